The van der Waals surface area contributed by atoms with Crippen LogP contribution in [0.3, 0.4) is 0 Å². The molecular weight excluding hydrogens is 412 g/mol. The Labute approximate surface area is 174 Å². The zero-order valence-electron chi connectivity index (χ0n) is 15.4. The molecule has 1 aliphatic heterocycles. The maximum Gasteiger partial charge on any atom is 0.261 e. The van der Waals surface area contributed by atoms with Gasteiger partial charge in [-0.25, -0.2) is 8.42 Å². The first-order valence-corrected chi connectivity index (χ1v) is 10.7. The summed E-state index contributed by atoms with van der Waals surface area (Å²) in [5, 5.41) is 10.9. The van der Waals surface area contributed by atoms with Gasteiger partial charge >= 0.3 is 0 Å². The van der Waals surface area contributed by atoms with Crippen molar-refractivity contribution in [2.45, 2.75) is 29.8 Å². The molecule has 2 aromatic rings. The zero-order valence-corrected chi connectivity index (χ0v) is 17.0. The van der Waals surface area contributed by atoms with Crippen molar-refractivity contribution in [1.82, 2.24) is 5.32 Å². The molecule has 2 N–H and O–H groups in total. The molecule has 2 aromatic carbocycles. The Morgan fingerprint density at radius 1 is 1.14 bits per heavy atom. The average molecular weight is 431 g/mol. The molecule has 1 amide bonds. The Hall–Kier alpha value is -2.89. The van der Waals surface area contributed by atoms with E-state index in [-0.39, 0.29) is 15.5 Å². The summed E-state index contributed by atoms with van der Waals surface area (Å²) in [5.41, 5.74) is -0.0126. The van der Waals surface area contributed by atoms with Gasteiger partial charge in [0.15, 0.2) is 5.66 Å². The number of nitrogens with one attached hydrogen (secondary N) is 2. The molecule has 0 bridgehead atoms. The second-order valence-corrected chi connectivity index (χ2v) is 8.60. The largest absolute Gasteiger partial charge is 0.352 e. The Morgan fingerprint density at radius 3 is 2.52 bits per heavy atom. The number of hydrogen-bond donors (Lipinski definition) is 2. The van der Waals surface area contributed by atoms with Crippen molar-refractivity contribution < 1.29 is 13.2 Å². The molecular formula is C20H19ClN4O3S. The number of terminal acetylenes is 1. The molecule has 0 fully saturated rings. The van der Waals surface area contributed by atoms with Gasteiger partial charge < -0.3 is 5.32 Å². The first-order valence-electron chi connectivity index (χ1n) is 8.88. The smallest absolute Gasteiger partial charge is 0.261 e. The van der Waals surface area contributed by atoms with Crippen molar-refractivity contribution >= 4 is 33.2 Å². The van der Waals surface area contributed by atoms with Crippen molar-refractivity contribution in [3.63, 3.8) is 0 Å². The van der Waals surface area contributed by atoms with Crippen molar-refractivity contribution in [3.05, 3.63) is 59.1 Å². The zero-order chi connectivity index (χ0) is 20.9. The van der Waals surface area contributed by atoms with Crippen molar-refractivity contribution in [3.8, 4) is 12.3 Å². The molecule has 1 heterocycles. The molecule has 0 radical (unpaired) electrons. The number of rotatable bonds is 9. The van der Waals surface area contributed by atoms with E-state index in [1.807, 2.05) is 0 Å². The van der Waals surface area contributed by atoms with Crippen LogP contribution in [0.4, 0.5) is 5.69 Å². The monoisotopic (exact) mass is 430 g/mol. The van der Waals surface area contributed by atoms with Crippen molar-refractivity contribution in [2.24, 2.45) is 10.2 Å². The third-order valence-corrected chi connectivity index (χ3v) is 6.09. The number of carbonyl (C=O) groups is 1. The van der Waals surface area contributed by atoms with Gasteiger partial charge in [-0.05, 0) is 30.3 Å². The van der Waals surface area contributed by atoms with E-state index < -0.39 is 21.6 Å². The quantitative estimate of drug-likeness (QED) is 0.591. The van der Waals surface area contributed by atoms with E-state index in [1.54, 1.807) is 30.3 Å². The normalized spacial score (nSPS) is 14.1. The number of benzene rings is 2. The molecule has 9 heteroatoms. The molecule has 0 aromatic heterocycles. The molecule has 0 atom stereocenters. The number of nitrogens with zero attached hydrogens (tertiary/aromatic N) is 2. The van der Waals surface area contributed by atoms with Gasteiger partial charge in [0.25, 0.3) is 15.9 Å². The van der Waals surface area contributed by atoms with Gasteiger partial charge in [0, 0.05) is 31.5 Å². The standard InChI is InChI=1S/C20H19ClN4O3S/c1-2-3-11-20(24-25-20)12-13-22-19(26)17-14-16(9-10-18(17)21)29(27,28)23-15-7-5-4-6-8-15/h1,4-10,14,23H,3,11-13H2,(H,22,26). The summed E-state index contributed by atoms with van der Waals surface area (Å²) in [6.07, 6.45) is 6.97. The summed E-state index contributed by atoms with van der Waals surface area (Å²) < 4.78 is 27.7. The van der Waals surface area contributed by atoms with Gasteiger partial charge in [-0.2, -0.15) is 10.2 Å². The van der Waals surface area contributed by atoms with E-state index in [9.17, 15) is 13.2 Å². The lowest BCUT2D eigenvalue weighted by atomic mass is 10.0. The lowest BCUT2D eigenvalue weighted by Gasteiger charge is -2.12. The molecule has 29 heavy (non-hydrogen) atoms. The number of carbonyl (C=O) groups excluding carboxylic acids is 1. The van der Waals surface area contributed by atoms with E-state index >= 15 is 0 Å². The second-order valence-electron chi connectivity index (χ2n) is 6.51. The fraction of sp³-hybridized carbons (Fsp3) is 0.250. The Kier molecular flexibility index (Phi) is 6.20. The minimum atomic E-state index is -3.87. The highest BCUT2D eigenvalue weighted by Gasteiger charge is 2.38. The van der Waals surface area contributed by atoms with Gasteiger partial charge in [0.2, 0.25) is 0 Å². The number of amides is 1. The van der Waals surface area contributed by atoms with Crippen LogP contribution in [-0.4, -0.2) is 26.5 Å². The lowest BCUT2D eigenvalue weighted by molar-refractivity contribution is 0.0952. The Morgan fingerprint density at radius 2 is 1.86 bits per heavy atom. The van der Waals surface area contributed by atoms with Gasteiger partial charge in [0.05, 0.1) is 15.5 Å². The average Bonchev–Trinajstić information content (AvgIpc) is 3.47. The molecule has 3 rings (SSSR count). The third-order valence-electron chi connectivity index (χ3n) is 4.38. The molecule has 1 aliphatic rings. The fourth-order valence-electron chi connectivity index (χ4n) is 2.71. The summed E-state index contributed by atoms with van der Waals surface area (Å²) in [6, 6.07) is 12.5. The number of sulfonamides is 1. The SMILES string of the molecule is C#CCCC1(CCNC(=O)c2cc(S(=O)(=O)Nc3ccccc3)ccc2Cl)N=N1. The lowest BCUT2D eigenvalue weighted by Crippen LogP contribution is -2.28. The van der Waals surface area contributed by atoms with Crippen LogP contribution in [0.5, 0.6) is 0 Å². The van der Waals surface area contributed by atoms with Gasteiger partial charge in [-0.1, -0.05) is 29.8 Å². The van der Waals surface area contributed by atoms with Crippen molar-refractivity contribution in [1.29, 1.82) is 0 Å². The number of para-hydroxylation sites is 1. The fourth-order valence-corrected chi connectivity index (χ4v) is 3.99. The summed E-state index contributed by atoms with van der Waals surface area (Å²) >= 11 is 6.12. The van der Waals surface area contributed by atoms with Crippen LogP contribution in [-0.2, 0) is 10.0 Å². The summed E-state index contributed by atoms with van der Waals surface area (Å²) in [5.74, 6) is 2.07. The molecule has 0 unspecified atom stereocenters. The van der Waals surface area contributed by atoms with Gasteiger partial charge in [-0.3, -0.25) is 9.52 Å². The highest BCUT2D eigenvalue weighted by Crippen LogP contribution is 2.36. The van der Waals surface area contributed by atoms with Crippen LogP contribution in [0.25, 0.3) is 0 Å². The first kappa shape index (κ1) is 20.8. The van der Waals surface area contributed by atoms with Crippen LogP contribution in [0, 0.1) is 12.3 Å². The number of halogens is 1. The highest BCUT2D eigenvalue weighted by atomic mass is 35.5. The Bertz CT molecular complexity index is 1070. The van der Waals surface area contributed by atoms with Crippen LogP contribution in [0.1, 0.15) is 29.6 Å². The first-order chi connectivity index (χ1) is 13.9. The van der Waals surface area contributed by atoms with E-state index in [1.165, 1.54) is 18.2 Å². The third kappa shape index (κ3) is 5.34. The molecule has 150 valence electrons. The maximum absolute atomic E-state index is 12.6. The molecule has 7 nitrogen and oxygen atoms in total. The maximum atomic E-state index is 12.6. The summed E-state index contributed by atoms with van der Waals surface area (Å²) in [7, 11) is -3.87. The summed E-state index contributed by atoms with van der Waals surface area (Å²) in [4.78, 5) is 12.5. The van der Waals surface area contributed by atoms with Gasteiger partial charge in [-0.15, -0.1) is 12.3 Å². The Balaban J connectivity index is 1.67. The van der Waals surface area contributed by atoms with E-state index in [2.05, 4.69) is 26.2 Å². The molecule has 0 saturated carbocycles. The van der Waals surface area contributed by atoms with Crippen LogP contribution < -0.4 is 10.0 Å². The van der Waals surface area contributed by atoms with Crippen LogP contribution in [0.2, 0.25) is 5.02 Å². The minimum Gasteiger partial charge on any atom is -0.352 e. The number of hydrogen-bond acceptors (Lipinski definition) is 5. The topological polar surface area (TPSA) is 100.0 Å². The van der Waals surface area contributed by atoms with Crippen LogP contribution in [0.15, 0.2) is 63.7 Å². The van der Waals surface area contributed by atoms with Crippen LogP contribution >= 0.6 is 11.6 Å². The second kappa shape index (κ2) is 8.64. The van der Waals surface area contributed by atoms with Crippen molar-refractivity contribution in [2.75, 3.05) is 11.3 Å². The minimum absolute atomic E-state index is 0.0615. The van der Waals surface area contributed by atoms with E-state index in [4.69, 9.17) is 18.0 Å². The highest BCUT2D eigenvalue weighted by molar-refractivity contribution is 7.92. The summed E-state index contributed by atoms with van der Waals surface area (Å²) in [6.45, 7) is 0.311. The molecule has 0 spiro atoms. The predicted octanol–water partition coefficient (Wildman–Crippen LogP) is 3.84. The number of anilines is 1. The van der Waals surface area contributed by atoms with Gasteiger partial charge in [0.1, 0.15) is 0 Å². The predicted molar refractivity (Wildman–Crippen MR) is 111 cm³/mol. The van der Waals surface area contributed by atoms with E-state index in [0.29, 0.717) is 31.5 Å². The molecule has 0 saturated heterocycles. The van der Waals surface area contributed by atoms with E-state index in [0.717, 1.165) is 0 Å². The molecule has 0 aliphatic carbocycles.